The number of rotatable bonds is 3. The molecule has 144 valence electrons. The van der Waals surface area contributed by atoms with Crippen LogP contribution in [0.25, 0.3) is 0 Å². The Morgan fingerprint density at radius 1 is 0.929 bits per heavy atom. The van der Waals surface area contributed by atoms with Crippen molar-refractivity contribution in [2.75, 3.05) is 26.2 Å². The van der Waals surface area contributed by atoms with Crippen LogP contribution in [0.5, 0.6) is 0 Å². The van der Waals surface area contributed by atoms with Gasteiger partial charge in [-0.2, -0.15) is 0 Å². The van der Waals surface area contributed by atoms with Gasteiger partial charge in [0.25, 0.3) is 0 Å². The molecule has 2 aromatic rings. The van der Waals surface area contributed by atoms with E-state index in [0.29, 0.717) is 6.42 Å². The van der Waals surface area contributed by atoms with Crippen LogP contribution < -0.4 is 0 Å². The molecule has 0 bridgehead atoms. The summed E-state index contributed by atoms with van der Waals surface area (Å²) in [6.45, 7) is 3.86. The first-order valence-electron chi connectivity index (χ1n) is 10.4. The summed E-state index contributed by atoms with van der Waals surface area (Å²) in [4.78, 5) is 30.7. The molecule has 2 aliphatic heterocycles. The van der Waals surface area contributed by atoms with Gasteiger partial charge in [0.15, 0.2) is 5.78 Å². The highest BCUT2D eigenvalue weighted by molar-refractivity contribution is 6.06. The number of nitrogens with zero attached hydrogens (tertiary/aromatic N) is 2. The fourth-order valence-corrected chi connectivity index (χ4v) is 5.20. The molecule has 2 aromatic carbocycles. The maximum absolute atomic E-state index is 13.7. The summed E-state index contributed by atoms with van der Waals surface area (Å²) in [6.07, 6.45) is 3.69. The Kier molecular flexibility index (Phi) is 4.52. The number of fused-ring (bicyclic) bond motifs is 2. The maximum Gasteiger partial charge on any atom is 0.231 e. The Labute approximate surface area is 166 Å². The molecule has 4 nitrogen and oxygen atoms in total. The fraction of sp³-hybridized carbons (Fsp3) is 0.417. The van der Waals surface area contributed by atoms with Gasteiger partial charge >= 0.3 is 0 Å². The quantitative estimate of drug-likeness (QED) is 0.825. The van der Waals surface area contributed by atoms with E-state index in [1.165, 1.54) is 24.0 Å². The Morgan fingerprint density at radius 3 is 2.46 bits per heavy atom. The molecule has 1 fully saturated rings. The van der Waals surface area contributed by atoms with E-state index in [-0.39, 0.29) is 23.7 Å². The Balaban J connectivity index is 1.47. The Bertz CT molecular complexity index is 916. The molecule has 2 heterocycles. The van der Waals surface area contributed by atoms with E-state index < -0.39 is 0 Å². The molecular formula is C24H26N2O2. The van der Waals surface area contributed by atoms with Crippen molar-refractivity contribution in [3.05, 3.63) is 70.8 Å². The number of likely N-dealkylation sites (tertiary alicyclic amines) is 1. The first-order valence-corrected chi connectivity index (χ1v) is 10.4. The van der Waals surface area contributed by atoms with Gasteiger partial charge in [-0.1, -0.05) is 48.5 Å². The van der Waals surface area contributed by atoms with Crippen LogP contribution in [-0.2, 0) is 11.2 Å². The van der Waals surface area contributed by atoms with E-state index in [1.807, 2.05) is 24.3 Å². The second-order valence-electron chi connectivity index (χ2n) is 8.27. The van der Waals surface area contributed by atoms with Gasteiger partial charge in [-0.05, 0) is 49.0 Å². The molecule has 1 aliphatic carbocycles. The van der Waals surface area contributed by atoms with E-state index >= 15 is 0 Å². The number of hydrogen-bond acceptors (Lipinski definition) is 3. The van der Waals surface area contributed by atoms with Crippen LogP contribution >= 0.6 is 0 Å². The average Bonchev–Trinajstić information content (AvgIpc) is 3.36. The van der Waals surface area contributed by atoms with Gasteiger partial charge in [-0.3, -0.25) is 9.59 Å². The van der Waals surface area contributed by atoms with E-state index in [0.717, 1.165) is 43.7 Å². The van der Waals surface area contributed by atoms with E-state index in [2.05, 4.69) is 34.1 Å². The number of hydrogen-bond donors (Lipinski definition) is 0. The van der Waals surface area contributed by atoms with Crippen LogP contribution in [0, 0.1) is 0 Å². The Morgan fingerprint density at radius 2 is 1.64 bits per heavy atom. The van der Waals surface area contributed by atoms with Gasteiger partial charge in [0.1, 0.15) is 0 Å². The molecular weight excluding hydrogens is 348 g/mol. The molecule has 5 rings (SSSR count). The smallest absolute Gasteiger partial charge is 0.231 e. The van der Waals surface area contributed by atoms with Crippen molar-refractivity contribution in [3.63, 3.8) is 0 Å². The zero-order valence-corrected chi connectivity index (χ0v) is 16.1. The lowest BCUT2D eigenvalue weighted by molar-refractivity contribution is -0.136. The lowest BCUT2D eigenvalue weighted by atomic mass is 9.90. The standard InChI is InChI=1S/C24H26N2O2/c27-23-15-21(19-9-3-4-10-20(19)23)24(28)26-14-11-17-7-1-2-8-18(17)22(26)16-25-12-5-6-13-25/h1-4,7-10,21-22H,5-6,11-16H2. The highest BCUT2D eigenvalue weighted by Gasteiger charge is 2.40. The van der Waals surface area contributed by atoms with Gasteiger partial charge in [-0.15, -0.1) is 0 Å². The molecule has 4 heteroatoms. The molecule has 0 spiro atoms. The van der Waals surface area contributed by atoms with Crippen LogP contribution in [0.1, 0.15) is 58.3 Å². The van der Waals surface area contributed by atoms with Crippen molar-refractivity contribution in [3.8, 4) is 0 Å². The average molecular weight is 374 g/mol. The predicted molar refractivity (Wildman–Crippen MR) is 108 cm³/mol. The summed E-state index contributed by atoms with van der Waals surface area (Å²) in [5, 5.41) is 0. The first kappa shape index (κ1) is 17.6. The third kappa shape index (κ3) is 2.96. The van der Waals surface area contributed by atoms with E-state index in [4.69, 9.17) is 0 Å². The normalized spacial score (nSPS) is 24.3. The van der Waals surface area contributed by atoms with Gasteiger partial charge in [0.2, 0.25) is 5.91 Å². The lowest BCUT2D eigenvalue weighted by Crippen LogP contribution is -2.46. The molecule has 0 N–H and O–H groups in total. The first-order chi connectivity index (χ1) is 13.7. The number of Topliss-reactive ketones (excluding diaryl/α,β-unsaturated/α-hetero) is 1. The molecule has 0 saturated carbocycles. The minimum Gasteiger partial charge on any atom is -0.333 e. The SMILES string of the molecule is O=C1CC(C(=O)N2CCc3ccccc3C2CN2CCCC2)c2ccccc21. The molecule has 2 unspecified atom stereocenters. The number of carbonyl (C=O) groups is 2. The third-order valence-corrected chi connectivity index (χ3v) is 6.65. The summed E-state index contributed by atoms with van der Waals surface area (Å²) in [5.74, 6) is -0.102. The van der Waals surface area contributed by atoms with Crippen LogP contribution in [0.15, 0.2) is 48.5 Å². The predicted octanol–water partition coefficient (Wildman–Crippen LogP) is 3.58. The minimum absolute atomic E-state index is 0.0819. The van der Waals surface area contributed by atoms with Crippen molar-refractivity contribution in [2.45, 2.75) is 37.6 Å². The number of ketones is 1. The van der Waals surface area contributed by atoms with Crippen molar-refractivity contribution < 1.29 is 9.59 Å². The second kappa shape index (κ2) is 7.17. The van der Waals surface area contributed by atoms with Crippen molar-refractivity contribution in [2.24, 2.45) is 0 Å². The summed E-state index contributed by atoms with van der Waals surface area (Å²) < 4.78 is 0. The van der Waals surface area contributed by atoms with Gasteiger partial charge in [0.05, 0.1) is 12.0 Å². The Hall–Kier alpha value is -2.46. The fourth-order valence-electron chi connectivity index (χ4n) is 5.20. The number of benzene rings is 2. The van der Waals surface area contributed by atoms with Crippen molar-refractivity contribution in [1.82, 2.24) is 9.80 Å². The molecule has 0 radical (unpaired) electrons. The van der Waals surface area contributed by atoms with Crippen LogP contribution in [-0.4, -0.2) is 47.7 Å². The van der Waals surface area contributed by atoms with Crippen LogP contribution in [0.2, 0.25) is 0 Å². The summed E-state index contributed by atoms with van der Waals surface area (Å²) in [7, 11) is 0. The maximum atomic E-state index is 13.7. The zero-order chi connectivity index (χ0) is 19.1. The van der Waals surface area contributed by atoms with Gasteiger partial charge in [0, 0.05) is 25.1 Å². The number of carbonyl (C=O) groups excluding carboxylic acids is 2. The zero-order valence-electron chi connectivity index (χ0n) is 16.1. The molecule has 1 amide bonds. The largest absolute Gasteiger partial charge is 0.333 e. The van der Waals surface area contributed by atoms with Crippen LogP contribution in [0.4, 0.5) is 0 Å². The molecule has 3 aliphatic rings. The highest BCUT2D eigenvalue weighted by Crippen LogP contribution is 2.38. The molecule has 1 saturated heterocycles. The number of amides is 1. The molecule has 2 atom stereocenters. The summed E-state index contributed by atoms with van der Waals surface area (Å²) in [5.41, 5.74) is 4.29. The third-order valence-electron chi connectivity index (χ3n) is 6.65. The van der Waals surface area contributed by atoms with Gasteiger partial charge < -0.3 is 9.80 Å². The summed E-state index contributed by atoms with van der Waals surface area (Å²) in [6, 6.07) is 16.3. The molecule has 28 heavy (non-hydrogen) atoms. The van der Waals surface area contributed by atoms with E-state index in [9.17, 15) is 9.59 Å². The molecule has 0 aromatic heterocycles. The van der Waals surface area contributed by atoms with E-state index in [1.54, 1.807) is 0 Å². The topological polar surface area (TPSA) is 40.6 Å². The van der Waals surface area contributed by atoms with Crippen molar-refractivity contribution >= 4 is 11.7 Å². The second-order valence-corrected chi connectivity index (χ2v) is 8.27. The van der Waals surface area contributed by atoms with Gasteiger partial charge in [-0.25, -0.2) is 0 Å². The lowest BCUT2D eigenvalue weighted by Gasteiger charge is -2.40. The summed E-state index contributed by atoms with van der Waals surface area (Å²) >= 11 is 0. The van der Waals surface area contributed by atoms with Crippen LogP contribution in [0.3, 0.4) is 0 Å². The highest BCUT2D eigenvalue weighted by atomic mass is 16.2. The van der Waals surface area contributed by atoms with Crippen molar-refractivity contribution in [1.29, 1.82) is 0 Å². The minimum atomic E-state index is -0.324. The monoisotopic (exact) mass is 374 g/mol.